The summed E-state index contributed by atoms with van der Waals surface area (Å²) in [6, 6.07) is 29.9. The zero-order chi connectivity index (χ0) is 31.3. The van der Waals surface area contributed by atoms with E-state index in [0.29, 0.717) is 53.4 Å². The van der Waals surface area contributed by atoms with Crippen molar-refractivity contribution in [1.82, 2.24) is 0 Å². The van der Waals surface area contributed by atoms with Gasteiger partial charge in [0.25, 0.3) is 0 Å². The van der Waals surface area contributed by atoms with Gasteiger partial charge in [-0.3, -0.25) is 9.59 Å². The number of halogens is 1. The van der Waals surface area contributed by atoms with Gasteiger partial charge in [0.2, 0.25) is 5.91 Å². The number of rotatable bonds is 15. The number of methoxy groups -OCH3 is 1. The molecule has 0 heterocycles. The van der Waals surface area contributed by atoms with Gasteiger partial charge in [0, 0.05) is 40.4 Å². The molecule has 1 amide bonds. The highest BCUT2D eigenvalue weighted by Crippen LogP contribution is 2.23. The van der Waals surface area contributed by atoms with E-state index in [2.05, 4.69) is 11.9 Å². The molecular formula is C36H35ClN2O5. The molecule has 0 bridgehead atoms. The molecule has 4 rings (SSSR count). The third kappa shape index (κ3) is 8.82. The smallest absolute Gasteiger partial charge is 0.328 e. The van der Waals surface area contributed by atoms with Crippen LogP contribution in [0, 0.1) is 0 Å². The molecule has 0 aliphatic heterocycles. The fourth-order valence-corrected chi connectivity index (χ4v) is 4.79. The largest absolute Gasteiger partial charge is 0.492 e. The predicted octanol–water partition coefficient (Wildman–Crippen LogP) is 7.15. The molecule has 1 unspecified atom stereocenters. The summed E-state index contributed by atoms with van der Waals surface area (Å²) in [5.41, 5.74) is 3.19. The van der Waals surface area contributed by atoms with Crippen molar-refractivity contribution in [2.45, 2.75) is 25.3 Å². The van der Waals surface area contributed by atoms with Gasteiger partial charge in [-0.15, -0.1) is 6.58 Å². The van der Waals surface area contributed by atoms with Crippen molar-refractivity contribution in [1.29, 1.82) is 0 Å². The molecule has 0 aliphatic rings. The Morgan fingerprint density at radius 2 is 1.59 bits per heavy atom. The van der Waals surface area contributed by atoms with Crippen LogP contribution in [-0.2, 0) is 20.7 Å². The van der Waals surface area contributed by atoms with Crippen LogP contribution in [0.15, 0.2) is 116 Å². The molecule has 0 fully saturated rings. The Balaban J connectivity index is 1.41. The summed E-state index contributed by atoms with van der Waals surface area (Å²) in [6.45, 7) is 4.34. The van der Waals surface area contributed by atoms with E-state index in [0.717, 1.165) is 11.3 Å². The lowest BCUT2D eigenvalue weighted by Crippen LogP contribution is -2.34. The minimum absolute atomic E-state index is 0.0282. The SMILES string of the molecule is C=CCCC(=O)N(CCOc1ccc(CC(Nc2ccccc2C(=O)c2ccccc2)C(=O)OC)cc1)c1ccc(Cl)cc1. The van der Waals surface area contributed by atoms with Gasteiger partial charge in [-0.25, -0.2) is 4.79 Å². The molecule has 7 nitrogen and oxygen atoms in total. The predicted molar refractivity (Wildman–Crippen MR) is 175 cm³/mol. The van der Waals surface area contributed by atoms with Crippen LogP contribution in [-0.4, -0.2) is 44.0 Å². The zero-order valence-corrected chi connectivity index (χ0v) is 25.3. The van der Waals surface area contributed by atoms with E-state index in [1.54, 1.807) is 53.4 Å². The number of ketones is 1. The number of ether oxygens (including phenoxy) is 2. The third-order valence-electron chi connectivity index (χ3n) is 6.97. The van der Waals surface area contributed by atoms with Crippen LogP contribution < -0.4 is 15.0 Å². The lowest BCUT2D eigenvalue weighted by Gasteiger charge is -2.23. The Kier molecular flexibility index (Phi) is 11.7. The molecule has 0 aliphatic carbocycles. The molecular weight excluding hydrogens is 576 g/mol. The number of esters is 1. The van der Waals surface area contributed by atoms with Crippen LogP contribution >= 0.6 is 11.6 Å². The van der Waals surface area contributed by atoms with Gasteiger partial charge in [-0.1, -0.05) is 72.3 Å². The van der Waals surface area contributed by atoms with E-state index in [4.69, 9.17) is 21.1 Å². The van der Waals surface area contributed by atoms with Gasteiger partial charge in [0.15, 0.2) is 5.78 Å². The van der Waals surface area contributed by atoms with Crippen LogP contribution in [0.4, 0.5) is 11.4 Å². The summed E-state index contributed by atoms with van der Waals surface area (Å²) in [5.74, 6) is 0.0100. The number of amides is 1. The molecule has 0 saturated carbocycles. The number of carbonyl (C=O) groups excluding carboxylic acids is 3. The first-order chi connectivity index (χ1) is 21.4. The summed E-state index contributed by atoms with van der Waals surface area (Å²) >= 11 is 6.03. The molecule has 44 heavy (non-hydrogen) atoms. The summed E-state index contributed by atoms with van der Waals surface area (Å²) in [7, 11) is 1.34. The van der Waals surface area contributed by atoms with Crippen LogP contribution in [0.5, 0.6) is 5.75 Å². The highest BCUT2D eigenvalue weighted by Gasteiger charge is 2.23. The second kappa shape index (κ2) is 16.1. The van der Waals surface area contributed by atoms with E-state index in [-0.39, 0.29) is 18.3 Å². The number of carbonyl (C=O) groups is 3. The molecule has 1 atom stereocenters. The molecule has 1 N–H and O–H groups in total. The topological polar surface area (TPSA) is 84.9 Å². The number of hydrogen-bond acceptors (Lipinski definition) is 6. The van der Waals surface area contributed by atoms with Crippen molar-refractivity contribution < 1.29 is 23.9 Å². The number of allylic oxidation sites excluding steroid dienone is 1. The van der Waals surface area contributed by atoms with Gasteiger partial charge in [-0.05, 0) is 60.5 Å². The summed E-state index contributed by atoms with van der Waals surface area (Å²) in [4.78, 5) is 40.5. The number of nitrogens with one attached hydrogen (secondary N) is 1. The van der Waals surface area contributed by atoms with Crippen molar-refractivity contribution in [2.24, 2.45) is 0 Å². The van der Waals surface area contributed by atoms with Crippen molar-refractivity contribution in [3.05, 3.63) is 137 Å². The zero-order valence-electron chi connectivity index (χ0n) is 24.6. The van der Waals surface area contributed by atoms with Gasteiger partial charge in [0.1, 0.15) is 18.4 Å². The number of benzene rings is 4. The first-order valence-corrected chi connectivity index (χ1v) is 14.7. The maximum atomic E-state index is 13.2. The maximum absolute atomic E-state index is 13.2. The van der Waals surface area contributed by atoms with E-state index >= 15 is 0 Å². The minimum Gasteiger partial charge on any atom is -0.492 e. The standard InChI is InChI=1S/C36H35ClN2O5/c1-3-4-14-34(40)39(29-19-17-28(37)18-20-29)23-24-44-30-21-15-26(16-22-30)25-33(36(42)43-2)38-32-13-9-8-12-31(32)35(41)27-10-6-5-7-11-27/h3,5-13,15-22,33,38H,1,4,14,23-25H2,2H3. The molecule has 4 aromatic carbocycles. The average molecular weight is 611 g/mol. The van der Waals surface area contributed by atoms with E-state index in [1.165, 1.54) is 7.11 Å². The first kappa shape index (κ1) is 32.0. The van der Waals surface area contributed by atoms with Crippen molar-refractivity contribution in [3.63, 3.8) is 0 Å². The second-order valence-electron chi connectivity index (χ2n) is 10.0. The van der Waals surface area contributed by atoms with Crippen molar-refractivity contribution >= 4 is 40.6 Å². The fourth-order valence-electron chi connectivity index (χ4n) is 4.67. The highest BCUT2D eigenvalue weighted by atomic mass is 35.5. The molecule has 0 aromatic heterocycles. The Morgan fingerprint density at radius 3 is 2.27 bits per heavy atom. The average Bonchev–Trinajstić information content (AvgIpc) is 3.06. The molecule has 0 saturated heterocycles. The van der Waals surface area contributed by atoms with E-state index in [1.807, 2.05) is 60.7 Å². The normalized spacial score (nSPS) is 11.2. The quantitative estimate of drug-likeness (QED) is 0.0874. The maximum Gasteiger partial charge on any atom is 0.328 e. The number of hydrogen-bond donors (Lipinski definition) is 1. The minimum atomic E-state index is -0.731. The summed E-state index contributed by atoms with van der Waals surface area (Å²) < 4.78 is 11.0. The van der Waals surface area contributed by atoms with Crippen molar-refractivity contribution in [2.75, 3.05) is 30.5 Å². The van der Waals surface area contributed by atoms with E-state index in [9.17, 15) is 14.4 Å². The van der Waals surface area contributed by atoms with Crippen LogP contribution in [0.3, 0.4) is 0 Å². The molecule has 0 spiro atoms. The van der Waals surface area contributed by atoms with Crippen molar-refractivity contribution in [3.8, 4) is 5.75 Å². The Hall–Kier alpha value is -4.88. The molecule has 8 heteroatoms. The summed E-state index contributed by atoms with van der Waals surface area (Å²) in [5, 5.41) is 3.82. The molecule has 4 aromatic rings. The number of anilines is 2. The fraction of sp³-hybridized carbons (Fsp3) is 0.194. The van der Waals surface area contributed by atoms with Gasteiger partial charge in [-0.2, -0.15) is 0 Å². The van der Waals surface area contributed by atoms with E-state index < -0.39 is 12.0 Å². The highest BCUT2D eigenvalue weighted by molar-refractivity contribution is 6.30. The first-order valence-electron chi connectivity index (χ1n) is 14.3. The van der Waals surface area contributed by atoms with Gasteiger partial charge in [0.05, 0.1) is 13.7 Å². The number of para-hydroxylation sites is 1. The van der Waals surface area contributed by atoms with Gasteiger partial charge < -0.3 is 19.7 Å². The van der Waals surface area contributed by atoms with Gasteiger partial charge >= 0.3 is 5.97 Å². The lowest BCUT2D eigenvalue weighted by molar-refractivity contribution is -0.141. The third-order valence-corrected chi connectivity index (χ3v) is 7.22. The van der Waals surface area contributed by atoms with Crippen LogP contribution in [0.2, 0.25) is 5.02 Å². The lowest BCUT2D eigenvalue weighted by atomic mass is 10.00. The molecule has 226 valence electrons. The molecule has 0 radical (unpaired) electrons. The van der Waals surface area contributed by atoms with Crippen LogP contribution in [0.25, 0.3) is 0 Å². The Bertz CT molecular complexity index is 1560. The second-order valence-corrected chi connectivity index (χ2v) is 10.4. The Labute approximate surface area is 263 Å². The van der Waals surface area contributed by atoms with Crippen LogP contribution in [0.1, 0.15) is 34.3 Å². The summed E-state index contributed by atoms with van der Waals surface area (Å²) in [6.07, 6.45) is 2.98. The Morgan fingerprint density at radius 1 is 0.909 bits per heavy atom. The monoisotopic (exact) mass is 610 g/mol. The number of nitrogens with zero attached hydrogens (tertiary/aromatic N) is 1.